The minimum Gasteiger partial charge on any atom is -0.352 e. The molecule has 4 rings (SSSR count). The SMILES string of the molecule is CN(C(=O)c1ccc2c(c1)CCNC2=O)c1cc(-c2ccccc2)[nH]n1. The molecule has 0 saturated carbocycles. The lowest BCUT2D eigenvalue weighted by molar-refractivity contribution is 0.0942. The molecule has 2 amide bonds. The lowest BCUT2D eigenvalue weighted by Gasteiger charge is -2.19. The van der Waals surface area contributed by atoms with Crippen molar-refractivity contribution in [3.8, 4) is 11.3 Å². The molecule has 0 unspecified atom stereocenters. The average molecular weight is 346 g/mol. The molecule has 0 aliphatic carbocycles. The maximum atomic E-state index is 12.8. The Morgan fingerprint density at radius 2 is 1.92 bits per heavy atom. The van der Waals surface area contributed by atoms with Crippen LogP contribution in [0.2, 0.25) is 0 Å². The van der Waals surface area contributed by atoms with E-state index in [4.69, 9.17) is 0 Å². The Bertz CT molecular complexity index is 978. The van der Waals surface area contributed by atoms with Crippen LogP contribution in [0.5, 0.6) is 0 Å². The van der Waals surface area contributed by atoms with Crippen LogP contribution in [0.4, 0.5) is 5.82 Å². The number of anilines is 1. The molecule has 6 heteroatoms. The molecule has 130 valence electrons. The van der Waals surface area contributed by atoms with Gasteiger partial charge in [-0.05, 0) is 35.7 Å². The fourth-order valence-corrected chi connectivity index (χ4v) is 3.11. The van der Waals surface area contributed by atoms with Crippen LogP contribution in [0, 0.1) is 0 Å². The molecular formula is C20H18N4O2. The molecular weight excluding hydrogens is 328 g/mol. The number of aromatic nitrogens is 2. The summed E-state index contributed by atoms with van der Waals surface area (Å²) in [7, 11) is 1.69. The van der Waals surface area contributed by atoms with Gasteiger partial charge in [-0.2, -0.15) is 5.10 Å². The van der Waals surface area contributed by atoms with Crippen LogP contribution in [-0.4, -0.2) is 35.6 Å². The number of amides is 2. The number of carbonyl (C=O) groups is 2. The van der Waals surface area contributed by atoms with E-state index >= 15 is 0 Å². The van der Waals surface area contributed by atoms with Gasteiger partial charge in [-0.1, -0.05) is 30.3 Å². The number of hydrogen-bond donors (Lipinski definition) is 2. The molecule has 0 atom stereocenters. The molecule has 2 N–H and O–H groups in total. The number of hydrogen-bond acceptors (Lipinski definition) is 3. The monoisotopic (exact) mass is 346 g/mol. The number of carbonyl (C=O) groups excluding carboxylic acids is 2. The number of nitrogens with zero attached hydrogens (tertiary/aromatic N) is 2. The van der Waals surface area contributed by atoms with Gasteiger partial charge in [0.15, 0.2) is 5.82 Å². The number of aromatic amines is 1. The van der Waals surface area contributed by atoms with Crippen LogP contribution in [0.3, 0.4) is 0 Å². The van der Waals surface area contributed by atoms with Gasteiger partial charge >= 0.3 is 0 Å². The number of H-pyrrole nitrogens is 1. The fourth-order valence-electron chi connectivity index (χ4n) is 3.11. The van der Waals surface area contributed by atoms with E-state index in [2.05, 4.69) is 15.5 Å². The van der Waals surface area contributed by atoms with Gasteiger partial charge in [-0.25, -0.2) is 0 Å². The van der Waals surface area contributed by atoms with Crippen LogP contribution >= 0.6 is 0 Å². The van der Waals surface area contributed by atoms with E-state index in [1.54, 1.807) is 25.2 Å². The smallest absolute Gasteiger partial charge is 0.259 e. The van der Waals surface area contributed by atoms with Gasteiger partial charge in [0, 0.05) is 30.8 Å². The van der Waals surface area contributed by atoms with Gasteiger partial charge in [0.2, 0.25) is 0 Å². The molecule has 2 aromatic carbocycles. The van der Waals surface area contributed by atoms with E-state index in [1.165, 1.54) is 4.90 Å². The molecule has 0 spiro atoms. The average Bonchev–Trinajstić information content (AvgIpc) is 3.18. The molecule has 6 nitrogen and oxygen atoms in total. The van der Waals surface area contributed by atoms with Crippen molar-refractivity contribution in [2.24, 2.45) is 0 Å². The molecule has 2 heterocycles. The number of rotatable bonds is 3. The third-order valence-electron chi connectivity index (χ3n) is 4.57. The lowest BCUT2D eigenvalue weighted by atomic mass is 9.97. The minimum absolute atomic E-state index is 0.0848. The van der Waals surface area contributed by atoms with Crippen molar-refractivity contribution >= 4 is 17.6 Å². The van der Waals surface area contributed by atoms with Gasteiger partial charge in [0.25, 0.3) is 11.8 Å². The summed E-state index contributed by atoms with van der Waals surface area (Å²) in [6.07, 6.45) is 0.729. The van der Waals surface area contributed by atoms with E-state index < -0.39 is 0 Å². The molecule has 1 aromatic heterocycles. The van der Waals surface area contributed by atoms with E-state index in [-0.39, 0.29) is 11.8 Å². The van der Waals surface area contributed by atoms with Crippen molar-refractivity contribution < 1.29 is 9.59 Å². The Morgan fingerprint density at radius 3 is 2.73 bits per heavy atom. The van der Waals surface area contributed by atoms with E-state index in [0.717, 1.165) is 23.2 Å². The Labute approximate surface area is 150 Å². The molecule has 1 aliphatic rings. The molecule has 0 fully saturated rings. The predicted octanol–water partition coefficient (Wildman–Crippen LogP) is 2.64. The van der Waals surface area contributed by atoms with Crippen LogP contribution in [0.1, 0.15) is 26.3 Å². The zero-order valence-electron chi connectivity index (χ0n) is 14.3. The number of nitrogens with one attached hydrogen (secondary N) is 2. The maximum absolute atomic E-state index is 12.8. The number of benzene rings is 2. The molecule has 0 saturated heterocycles. The van der Waals surface area contributed by atoms with Gasteiger partial charge in [0.05, 0.1) is 5.69 Å². The Kier molecular flexibility index (Phi) is 4.01. The summed E-state index contributed by atoms with van der Waals surface area (Å²) < 4.78 is 0. The first-order valence-corrected chi connectivity index (χ1v) is 8.43. The first-order chi connectivity index (χ1) is 12.6. The molecule has 3 aromatic rings. The first-order valence-electron chi connectivity index (χ1n) is 8.43. The summed E-state index contributed by atoms with van der Waals surface area (Å²) in [5.41, 5.74) is 3.95. The summed E-state index contributed by atoms with van der Waals surface area (Å²) in [5, 5.41) is 10.0. The normalized spacial score (nSPS) is 13.0. The van der Waals surface area contributed by atoms with Gasteiger partial charge in [0.1, 0.15) is 0 Å². The fraction of sp³-hybridized carbons (Fsp3) is 0.150. The van der Waals surface area contributed by atoms with Crippen molar-refractivity contribution in [2.75, 3.05) is 18.5 Å². The minimum atomic E-state index is -0.162. The van der Waals surface area contributed by atoms with Crippen LogP contribution < -0.4 is 10.2 Å². The summed E-state index contributed by atoms with van der Waals surface area (Å²) in [4.78, 5) is 26.2. The third kappa shape index (κ3) is 2.86. The second-order valence-corrected chi connectivity index (χ2v) is 6.25. The molecule has 26 heavy (non-hydrogen) atoms. The highest BCUT2D eigenvalue weighted by Gasteiger charge is 2.21. The lowest BCUT2D eigenvalue weighted by Crippen LogP contribution is -2.32. The summed E-state index contributed by atoms with van der Waals surface area (Å²) >= 11 is 0. The van der Waals surface area contributed by atoms with E-state index in [9.17, 15) is 9.59 Å². The van der Waals surface area contributed by atoms with Crippen molar-refractivity contribution in [2.45, 2.75) is 6.42 Å². The predicted molar refractivity (Wildman–Crippen MR) is 99.2 cm³/mol. The van der Waals surface area contributed by atoms with Gasteiger partial charge in [-0.15, -0.1) is 0 Å². The maximum Gasteiger partial charge on any atom is 0.259 e. The summed E-state index contributed by atoms with van der Waals surface area (Å²) in [6, 6.07) is 16.9. The Morgan fingerprint density at radius 1 is 1.12 bits per heavy atom. The van der Waals surface area contributed by atoms with Crippen LogP contribution in [0.25, 0.3) is 11.3 Å². The van der Waals surface area contributed by atoms with Crippen LogP contribution in [-0.2, 0) is 6.42 Å². The van der Waals surface area contributed by atoms with Crippen molar-refractivity contribution in [1.29, 1.82) is 0 Å². The summed E-state index contributed by atoms with van der Waals surface area (Å²) in [5.74, 6) is 0.299. The number of fused-ring (bicyclic) bond motifs is 1. The second-order valence-electron chi connectivity index (χ2n) is 6.25. The standard InChI is InChI=1S/C20H18N4O2/c1-24(18-12-17(22-23-18)13-5-3-2-4-6-13)20(26)15-7-8-16-14(11-15)9-10-21-19(16)25/h2-8,11-12H,9-10H2,1H3,(H,21,25)(H,22,23). The zero-order valence-corrected chi connectivity index (χ0v) is 14.3. The van der Waals surface area contributed by atoms with Crippen molar-refractivity contribution in [3.63, 3.8) is 0 Å². The quantitative estimate of drug-likeness (QED) is 0.765. The molecule has 0 radical (unpaired) electrons. The Hall–Kier alpha value is -3.41. The van der Waals surface area contributed by atoms with Gasteiger partial charge in [-0.3, -0.25) is 19.6 Å². The zero-order chi connectivity index (χ0) is 18.1. The second kappa shape index (κ2) is 6.48. The molecule has 1 aliphatic heterocycles. The highest BCUT2D eigenvalue weighted by molar-refractivity contribution is 6.06. The molecule has 0 bridgehead atoms. The first kappa shape index (κ1) is 16.1. The van der Waals surface area contributed by atoms with Gasteiger partial charge < -0.3 is 5.32 Å². The highest BCUT2D eigenvalue weighted by atomic mass is 16.2. The Balaban J connectivity index is 1.59. The third-order valence-corrected chi connectivity index (χ3v) is 4.57. The van der Waals surface area contributed by atoms with Crippen molar-refractivity contribution in [1.82, 2.24) is 15.5 Å². The largest absolute Gasteiger partial charge is 0.352 e. The summed E-state index contributed by atoms with van der Waals surface area (Å²) in [6.45, 7) is 0.596. The topological polar surface area (TPSA) is 78.1 Å². The van der Waals surface area contributed by atoms with E-state index in [1.807, 2.05) is 36.4 Å². The highest BCUT2D eigenvalue weighted by Crippen LogP contribution is 2.23. The van der Waals surface area contributed by atoms with Crippen molar-refractivity contribution in [3.05, 3.63) is 71.3 Å². The van der Waals surface area contributed by atoms with E-state index in [0.29, 0.717) is 23.5 Å². The van der Waals surface area contributed by atoms with Crippen LogP contribution in [0.15, 0.2) is 54.6 Å².